The van der Waals surface area contributed by atoms with Crippen LogP contribution in [0.3, 0.4) is 0 Å². The monoisotopic (exact) mass is 189 g/mol. The van der Waals surface area contributed by atoms with Crippen molar-refractivity contribution < 1.29 is 4.79 Å². The lowest BCUT2D eigenvalue weighted by atomic mass is 10.0. The summed E-state index contributed by atoms with van der Waals surface area (Å²) < 4.78 is 0. The number of ketones is 1. The Morgan fingerprint density at radius 3 is 2.50 bits per heavy atom. The van der Waals surface area contributed by atoms with E-state index in [1.54, 1.807) is 18.2 Å². The van der Waals surface area contributed by atoms with E-state index in [0.717, 1.165) is 5.22 Å². The van der Waals surface area contributed by atoms with Crippen molar-refractivity contribution >= 4 is 18.9 Å². The van der Waals surface area contributed by atoms with Crippen LogP contribution in [-0.4, -0.2) is 11.8 Å². The van der Waals surface area contributed by atoms with Gasteiger partial charge in [0.2, 0.25) is 0 Å². The van der Waals surface area contributed by atoms with Gasteiger partial charge in [-0.1, -0.05) is 30.5 Å². The highest BCUT2D eigenvalue weighted by Gasteiger charge is 2.14. The molecule has 0 fully saturated rings. The highest BCUT2D eigenvalue weighted by atomic mass is 16.3. The van der Waals surface area contributed by atoms with Crippen LogP contribution in [0.5, 0.6) is 0 Å². The number of carbonyl (C=O) groups is 1. The molecule has 1 unspecified atom stereocenters. The van der Waals surface area contributed by atoms with Gasteiger partial charge in [0, 0.05) is 5.56 Å². The first-order valence-corrected chi connectivity index (χ1v) is 4.21. The van der Waals surface area contributed by atoms with Gasteiger partial charge in [-0.2, -0.15) is 4.91 Å². The molecular weight excluding hydrogens is 178 g/mol. The summed E-state index contributed by atoms with van der Waals surface area (Å²) in [6.45, 7) is 8.92. The minimum absolute atomic E-state index is 0.287. The first-order chi connectivity index (χ1) is 6.56. The number of rotatable bonds is 3. The Morgan fingerprint density at radius 2 is 2.00 bits per heavy atom. The Hall–Kier alpha value is -1.77. The van der Waals surface area contributed by atoms with Crippen LogP contribution in [0.2, 0.25) is 0 Å². The topological polar surface area (TPSA) is 46.5 Å². The second kappa shape index (κ2) is 3.96. The van der Waals surface area contributed by atoms with Crippen LogP contribution in [0.1, 0.15) is 17.3 Å². The third-order valence-corrected chi connectivity index (χ3v) is 2.03. The van der Waals surface area contributed by atoms with Crippen molar-refractivity contribution in [2.45, 2.75) is 13.0 Å². The molecule has 0 aliphatic carbocycles. The van der Waals surface area contributed by atoms with Crippen molar-refractivity contribution in [3.63, 3.8) is 0 Å². The summed E-state index contributed by atoms with van der Waals surface area (Å²) >= 11 is 0. The maximum Gasteiger partial charge on any atom is 0.190 e. The van der Waals surface area contributed by atoms with Gasteiger partial charge >= 0.3 is 0 Å². The molecule has 1 rings (SSSR count). The fourth-order valence-corrected chi connectivity index (χ4v) is 1.07. The van der Waals surface area contributed by atoms with Gasteiger partial charge in [-0.15, -0.1) is 0 Å². The number of carbonyl (C=O) groups excluding carboxylic acids is 1. The first-order valence-electron chi connectivity index (χ1n) is 4.21. The molecule has 0 saturated heterocycles. The van der Waals surface area contributed by atoms with Crippen LogP contribution in [0.4, 0.5) is 0 Å². The van der Waals surface area contributed by atoms with Crippen LogP contribution in [0.15, 0.2) is 23.4 Å². The van der Waals surface area contributed by atoms with Crippen molar-refractivity contribution in [3.8, 4) is 0 Å². The zero-order chi connectivity index (χ0) is 10.7. The summed E-state index contributed by atoms with van der Waals surface area (Å²) in [5.41, 5.74) is 0.453. The zero-order valence-electron chi connectivity index (χ0n) is 7.99. The number of benzene rings is 1. The third-order valence-electron chi connectivity index (χ3n) is 2.03. The van der Waals surface area contributed by atoms with Crippen molar-refractivity contribution in [1.82, 2.24) is 0 Å². The Labute approximate surface area is 81.7 Å². The van der Waals surface area contributed by atoms with Gasteiger partial charge < -0.3 is 0 Å². The van der Waals surface area contributed by atoms with E-state index < -0.39 is 6.04 Å². The predicted octanol–water partition coefficient (Wildman–Crippen LogP) is 0.845. The number of nitrogens with zero attached hydrogens (tertiary/aromatic N) is 1. The van der Waals surface area contributed by atoms with E-state index in [0.29, 0.717) is 10.8 Å². The Bertz CT molecular complexity index is 465. The molecule has 0 radical (unpaired) electrons. The maximum atomic E-state index is 11.5. The quantitative estimate of drug-likeness (QED) is 0.522. The number of hydrogen-bond donors (Lipinski definition) is 0. The van der Waals surface area contributed by atoms with Crippen LogP contribution in [-0.2, 0) is 0 Å². The molecule has 0 aliphatic rings. The van der Waals surface area contributed by atoms with E-state index in [1.165, 1.54) is 6.92 Å². The van der Waals surface area contributed by atoms with Gasteiger partial charge in [0.1, 0.15) is 0 Å². The summed E-state index contributed by atoms with van der Waals surface area (Å²) in [7, 11) is 0. The number of hydrogen-bond acceptors (Lipinski definition) is 3. The molecule has 72 valence electrons. The van der Waals surface area contributed by atoms with Gasteiger partial charge in [0.25, 0.3) is 0 Å². The standard InChI is InChI=1S/C11H11NO2/c1-7-4-5-10(6-8(7)2)11(13)9(3)12-14/h4-6,9H,1-2H2,3H3. The largest absolute Gasteiger partial charge is 0.292 e. The van der Waals surface area contributed by atoms with Crippen LogP contribution >= 0.6 is 0 Å². The average molecular weight is 189 g/mol. The molecule has 0 heterocycles. The molecule has 14 heavy (non-hydrogen) atoms. The van der Waals surface area contributed by atoms with Gasteiger partial charge in [-0.05, 0) is 23.4 Å². The average Bonchev–Trinajstić information content (AvgIpc) is 2.20. The van der Waals surface area contributed by atoms with E-state index in [-0.39, 0.29) is 5.78 Å². The molecule has 0 saturated carbocycles. The molecule has 0 N–H and O–H groups in total. The summed E-state index contributed by atoms with van der Waals surface area (Å²) in [4.78, 5) is 21.7. The molecule has 1 atom stereocenters. The molecule has 0 aliphatic heterocycles. The fraction of sp³-hybridized carbons (Fsp3) is 0.182. The van der Waals surface area contributed by atoms with E-state index in [9.17, 15) is 9.70 Å². The summed E-state index contributed by atoms with van der Waals surface area (Å²) in [6, 6.07) is 4.10. The summed E-state index contributed by atoms with van der Waals surface area (Å²) in [5.74, 6) is -0.287. The van der Waals surface area contributed by atoms with Crippen LogP contribution in [0.25, 0.3) is 13.2 Å². The molecule has 3 nitrogen and oxygen atoms in total. The normalized spacial score (nSPS) is 12.1. The lowest BCUT2D eigenvalue weighted by molar-refractivity contribution is 0.0968. The summed E-state index contributed by atoms with van der Waals surface area (Å²) in [6.07, 6.45) is 0. The van der Waals surface area contributed by atoms with Crippen molar-refractivity contribution in [2.24, 2.45) is 5.18 Å². The van der Waals surface area contributed by atoms with Gasteiger partial charge in [-0.25, -0.2) is 0 Å². The van der Waals surface area contributed by atoms with Crippen LogP contribution < -0.4 is 10.4 Å². The third kappa shape index (κ3) is 1.93. The highest BCUT2D eigenvalue weighted by Crippen LogP contribution is 2.01. The summed E-state index contributed by atoms with van der Waals surface area (Å²) in [5, 5.41) is 4.14. The molecule has 0 aromatic heterocycles. The molecule has 1 aromatic rings. The minimum Gasteiger partial charge on any atom is -0.292 e. The highest BCUT2D eigenvalue weighted by molar-refractivity contribution is 5.99. The molecule has 0 bridgehead atoms. The van der Waals surface area contributed by atoms with Crippen molar-refractivity contribution in [2.75, 3.05) is 0 Å². The van der Waals surface area contributed by atoms with Crippen molar-refractivity contribution in [1.29, 1.82) is 0 Å². The molecule has 1 aromatic carbocycles. The number of Topliss-reactive ketones (excluding diaryl/α,β-unsaturated/α-hetero) is 1. The van der Waals surface area contributed by atoms with Crippen molar-refractivity contribution in [3.05, 3.63) is 39.1 Å². The lowest BCUT2D eigenvalue weighted by Crippen LogP contribution is -2.24. The maximum absolute atomic E-state index is 11.5. The van der Waals surface area contributed by atoms with Crippen LogP contribution in [0, 0.1) is 4.91 Å². The molecular formula is C11H11NO2. The van der Waals surface area contributed by atoms with E-state index in [1.807, 2.05) is 0 Å². The fourth-order valence-electron chi connectivity index (χ4n) is 1.07. The molecule has 0 amide bonds. The van der Waals surface area contributed by atoms with E-state index in [2.05, 4.69) is 18.3 Å². The Kier molecular flexibility index (Phi) is 2.92. The van der Waals surface area contributed by atoms with E-state index >= 15 is 0 Å². The second-order valence-corrected chi connectivity index (χ2v) is 3.13. The van der Waals surface area contributed by atoms with E-state index in [4.69, 9.17) is 0 Å². The van der Waals surface area contributed by atoms with Gasteiger partial charge in [0.05, 0.1) is 0 Å². The number of nitroso groups, excluding NO2 is 1. The first kappa shape index (κ1) is 10.3. The zero-order valence-corrected chi connectivity index (χ0v) is 7.99. The molecule has 0 spiro atoms. The van der Waals surface area contributed by atoms with Gasteiger partial charge in [-0.3, -0.25) is 4.79 Å². The predicted molar refractivity (Wildman–Crippen MR) is 56.3 cm³/mol. The molecule has 3 heteroatoms. The smallest absolute Gasteiger partial charge is 0.190 e. The Morgan fingerprint density at radius 1 is 1.36 bits per heavy atom. The SMILES string of the molecule is C=c1ccc(C(=O)C(C)N=O)cc1=C. The second-order valence-electron chi connectivity index (χ2n) is 3.13. The Balaban J connectivity index is 3.15. The minimum atomic E-state index is -0.843. The lowest BCUT2D eigenvalue weighted by Gasteiger charge is -2.01. The van der Waals surface area contributed by atoms with Gasteiger partial charge in [0.15, 0.2) is 11.8 Å².